The van der Waals surface area contributed by atoms with Crippen LogP contribution in [0.1, 0.15) is 174 Å². The van der Waals surface area contributed by atoms with E-state index in [0.29, 0.717) is 12.8 Å². The third-order valence-corrected chi connectivity index (χ3v) is 9.82. The third-order valence-electron chi connectivity index (χ3n) is 8.89. The third kappa shape index (κ3) is 39.5. The van der Waals surface area contributed by atoms with Crippen LogP contribution in [0, 0.1) is 0 Å². The Morgan fingerprint density at radius 3 is 1.53 bits per heavy atom. The molecule has 1 unspecified atom stereocenters. The number of hydrogen-bond acceptors (Lipinski definition) is 9. The predicted molar refractivity (Wildman–Crippen MR) is 219 cm³/mol. The van der Waals surface area contributed by atoms with Crippen LogP contribution in [0.5, 0.6) is 0 Å². The highest BCUT2D eigenvalue weighted by molar-refractivity contribution is 7.45. The quantitative estimate of drug-likeness (QED) is 0.0209. The average molecular weight is 795 g/mol. The van der Waals surface area contributed by atoms with E-state index in [0.717, 1.165) is 44.9 Å². The number of rotatable bonds is 40. The highest BCUT2D eigenvalue weighted by Gasteiger charge is 2.21. The number of phosphoric ester groups is 1. The molecular weight excluding hydrogens is 717 g/mol. The molecule has 0 aromatic heterocycles. The van der Waals surface area contributed by atoms with E-state index in [1.54, 1.807) is 0 Å². The summed E-state index contributed by atoms with van der Waals surface area (Å²) in [6.07, 6.45) is 47.7. The molecule has 0 aliphatic rings. The van der Waals surface area contributed by atoms with Crippen molar-refractivity contribution in [1.29, 1.82) is 0 Å². The van der Waals surface area contributed by atoms with E-state index in [4.69, 9.17) is 14.0 Å². The molecule has 0 spiro atoms. The van der Waals surface area contributed by atoms with Crippen molar-refractivity contribution in [3.63, 3.8) is 0 Å². The fraction of sp³-hybridized carbons (Fsp3) is 0.727. The maximum absolute atomic E-state index is 12.6. The normalized spacial score (nSPS) is 14.5. The first kappa shape index (κ1) is 52.5. The van der Waals surface area contributed by atoms with Gasteiger partial charge >= 0.3 is 5.97 Å². The molecule has 0 amide bonds. The van der Waals surface area contributed by atoms with Gasteiger partial charge in [0.05, 0.1) is 12.9 Å². The molecule has 0 radical (unpaired) electrons. The van der Waals surface area contributed by atoms with Crippen LogP contribution in [0.15, 0.2) is 60.9 Å². The highest BCUT2D eigenvalue weighted by Crippen LogP contribution is 2.38. The Morgan fingerprint density at radius 1 is 0.582 bits per heavy atom. The van der Waals surface area contributed by atoms with Crippen molar-refractivity contribution in [1.82, 2.24) is 0 Å². The van der Waals surface area contributed by atoms with Crippen molar-refractivity contribution in [3.8, 4) is 0 Å². The fourth-order valence-electron chi connectivity index (χ4n) is 5.50. The molecule has 0 saturated carbocycles. The van der Waals surface area contributed by atoms with Gasteiger partial charge in [0.2, 0.25) is 0 Å². The second-order valence-corrected chi connectivity index (χ2v) is 15.6. The van der Waals surface area contributed by atoms with E-state index in [2.05, 4.69) is 66.6 Å². The molecule has 10 nitrogen and oxygen atoms in total. The van der Waals surface area contributed by atoms with E-state index < -0.39 is 45.1 Å². The molecule has 0 aliphatic carbocycles. The van der Waals surface area contributed by atoms with Gasteiger partial charge in [0.1, 0.15) is 25.2 Å². The van der Waals surface area contributed by atoms with Crippen LogP contribution in [0.3, 0.4) is 0 Å². The largest absolute Gasteiger partial charge is 0.756 e. The van der Waals surface area contributed by atoms with Gasteiger partial charge in [-0.25, -0.2) is 0 Å². The Hall–Kier alpha value is -2.49. The molecule has 0 bridgehead atoms. The Morgan fingerprint density at radius 2 is 1.00 bits per heavy atom. The number of allylic oxidation sites excluding steroid dienone is 9. The Labute approximate surface area is 334 Å². The molecule has 0 aliphatic heterocycles. The summed E-state index contributed by atoms with van der Waals surface area (Å²) in [5.41, 5.74) is 3.26. The fourth-order valence-corrected chi connectivity index (χ4v) is 6.29. The van der Waals surface area contributed by atoms with Crippen molar-refractivity contribution < 1.29 is 48.4 Å². The van der Waals surface area contributed by atoms with Crippen LogP contribution >= 0.6 is 7.82 Å². The lowest BCUT2D eigenvalue weighted by molar-refractivity contribution is -0.441. The maximum Gasteiger partial charge on any atom is 0.306 e. The number of quaternary nitrogens is 1. The van der Waals surface area contributed by atoms with Gasteiger partial charge in [-0.3, -0.25) is 9.36 Å². The van der Waals surface area contributed by atoms with Crippen molar-refractivity contribution in [2.24, 2.45) is 0 Å². The first-order chi connectivity index (χ1) is 26.7. The molecule has 3 atom stereocenters. The molecule has 0 aromatic rings. The van der Waals surface area contributed by atoms with Crippen LogP contribution in [0.4, 0.5) is 0 Å². The Balaban J connectivity index is 4.41. The lowest BCUT2D eigenvalue weighted by Crippen LogP contribution is -2.70. The lowest BCUT2D eigenvalue weighted by Gasteiger charge is -2.26. The minimum Gasteiger partial charge on any atom is -0.756 e. The molecule has 3 N–H and O–H groups in total. The number of carboxylic acid groups (broad SMARTS) is 1. The Kier molecular flexibility index (Phi) is 37.9. The van der Waals surface area contributed by atoms with Gasteiger partial charge in [0.15, 0.2) is 6.10 Å². The molecule has 0 saturated heterocycles. The molecule has 0 heterocycles. The van der Waals surface area contributed by atoms with Crippen LogP contribution in [0.2, 0.25) is 0 Å². The second-order valence-electron chi connectivity index (χ2n) is 14.2. The van der Waals surface area contributed by atoms with Crippen LogP contribution in [0.25, 0.3) is 0 Å². The summed E-state index contributed by atoms with van der Waals surface area (Å²) in [6, 6.07) is -1.39. The van der Waals surface area contributed by atoms with Crippen molar-refractivity contribution >= 4 is 19.8 Å². The Bertz CT molecular complexity index is 1100. The maximum atomic E-state index is 12.6. The smallest absolute Gasteiger partial charge is 0.306 e. The molecule has 0 fully saturated rings. The summed E-state index contributed by atoms with van der Waals surface area (Å²) in [5, 5.41) is 10.8. The van der Waals surface area contributed by atoms with Gasteiger partial charge in [-0.05, 0) is 63.9 Å². The monoisotopic (exact) mass is 795 g/mol. The number of esters is 1. The van der Waals surface area contributed by atoms with Crippen molar-refractivity contribution in [2.45, 2.75) is 187 Å². The summed E-state index contributed by atoms with van der Waals surface area (Å²) in [5.74, 6) is -2.05. The molecule has 0 aromatic carbocycles. The van der Waals surface area contributed by atoms with Crippen molar-refractivity contribution in [3.05, 3.63) is 60.9 Å². The summed E-state index contributed by atoms with van der Waals surface area (Å²) < 4.78 is 32.7. The van der Waals surface area contributed by atoms with Crippen LogP contribution < -0.4 is 15.7 Å². The second kappa shape index (κ2) is 39.7. The zero-order valence-electron chi connectivity index (χ0n) is 34.6. The lowest BCUT2D eigenvalue weighted by atomic mass is 10.0. The van der Waals surface area contributed by atoms with Gasteiger partial charge in [-0.15, -0.1) is 0 Å². The van der Waals surface area contributed by atoms with E-state index >= 15 is 0 Å². The summed E-state index contributed by atoms with van der Waals surface area (Å²) >= 11 is 0. The molecule has 318 valence electrons. The first-order valence-corrected chi connectivity index (χ1v) is 22.9. The van der Waals surface area contributed by atoms with E-state index in [9.17, 15) is 24.2 Å². The van der Waals surface area contributed by atoms with Gasteiger partial charge in [-0.2, -0.15) is 0 Å². The number of aliphatic carboxylic acids is 1. The number of hydrogen-bond donors (Lipinski definition) is 1. The molecule has 11 heteroatoms. The SMILES string of the molecule is CCCCC/C=C\C/C=C\C/C=C\C/C=C\CCCC(=O)O[C@H](CO/C=C\CCCCCCCCCCCCCCCC)COP(=O)([O-])OC[C@H]([NH3+])C(=O)[O-]. The minimum atomic E-state index is -4.88. The number of carbonyl (C=O) groups is 2. The zero-order chi connectivity index (χ0) is 40.5. The summed E-state index contributed by atoms with van der Waals surface area (Å²) in [4.78, 5) is 35.6. The number of ether oxygens (including phenoxy) is 2. The number of unbranched alkanes of at least 4 members (excludes halogenated alkanes) is 18. The van der Waals surface area contributed by atoms with Gasteiger partial charge < -0.3 is 39.0 Å². The summed E-state index contributed by atoms with van der Waals surface area (Å²) in [7, 11) is -4.88. The van der Waals surface area contributed by atoms with Crippen LogP contribution in [-0.2, 0) is 32.7 Å². The van der Waals surface area contributed by atoms with Crippen molar-refractivity contribution in [2.75, 3.05) is 19.8 Å². The first-order valence-electron chi connectivity index (χ1n) is 21.4. The van der Waals surface area contributed by atoms with Crippen LogP contribution in [-0.4, -0.2) is 43.9 Å². The predicted octanol–water partition coefficient (Wildman–Crippen LogP) is 9.31. The minimum absolute atomic E-state index is 0.116. The highest BCUT2D eigenvalue weighted by atomic mass is 31.2. The van der Waals surface area contributed by atoms with Gasteiger partial charge in [0, 0.05) is 6.42 Å². The summed E-state index contributed by atoms with van der Waals surface area (Å²) in [6.45, 7) is 3.09. The topological polar surface area (TPSA) is 162 Å². The zero-order valence-corrected chi connectivity index (χ0v) is 35.5. The number of phosphoric acid groups is 1. The van der Waals surface area contributed by atoms with Gasteiger partial charge in [0.25, 0.3) is 7.82 Å². The average Bonchev–Trinajstić information content (AvgIpc) is 3.16. The number of carboxylic acids is 1. The molecule has 55 heavy (non-hydrogen) atoms. The van der Waals surface area contributed by atoms with E-state index in [-0.39, 0.29) is 13.0 Å². The number of carbonyl (C=O) groups excluding carboxylic acids is 2. The molecular formula is C44H77NO9P-. The van der Waals surface area contributed by atoms with E-state index in [1.165, 1.54) is 103 Å². The van der Waals surface area contributed by atoms with E-state index in [1.807, 2.05) is 12.2 Å². The molecule has 0 rings (SSSR count). The van der Waals surface area contributed by atoms with Gasteiger partial charge in [-0.1, -0.05) is 159 Å². The standard InChI is InChI=1S/C44H78NO9P/c1-3-5-7-9-11-13-15-17-19-21-22-24-26-28-30-32-34-36-43(46)54-41(39-52-55(49,50)53-40-42(45)44(47)48)38-51-37-35-33-31-29-27-25-23-20-18-16-14-12-10-8-6-4-2/h11,13,17,19,22,24,28,30,35,37,41-42H,3-10,12,14-16,18,20-21,23,25-27,29,31-34,36,38-40,45H2,1-2H3,(H,47,48)(H,49,50)/p-1/b13-11-,19-17-,24-22-,30-28-,37-35-/t41-,42+/m1/s1.